The SMILES string of the molecule is CCSc1nnc(-c2ccccc2O)n1-c1ccccc1C. The van der Waals surface area contributed by atoms with Gasteiger partial charge in [0.2, 0.25) is 0 Å². The van der Waals surface area contributed by atoms with E-state index < -0.39 is 0 Å². The number of phenolic OH excluding ortho intramolecular Hbond substituents is 1. The van der Waals surface area contributed by atoms with Gasteiger partial charge in [-0.25, -0.2) is 0 Å². The average molecular weight is 311 g/mol. The van der Waals surface area contributed by atoms with Crippen molar-refractivity contribution in [3.8, 4) is 22.8 Å². The normalized spacial score (nSPS) is 10.8. The molecule has 0 fully saturated rings. The van der Waals surface area contributed by atoms with Crippen LogP contribution in [0.5, 0.6) is 5.75 Å². The molecule has 0 aliphatic heterocycles. The third-order valence-electron chi connectivity index (χ3n) is 3.41. The summed E-state index contributed by atoms with van der Waals surface area (Å²) in [4.78, 5) is 0. The molecule has 1 aromatic heterocycles. The van der Waals surface area contributed by atoms with Crippen LogP contribution in [0.1, 0.15) is 12.5 Å². The quantitative estimate of drug-likeness (QED) is 0.738. The van der Waals surface area contributed by atoms with Crippen LogP contribution < -0.4 is 0 Å². The molecule has 22 heavy (non-hydrogen) atoms. The van der Waals surface area contributed by atoms with Gasteiger partial charge in [-0.05, 0) is 36.4 Å². The minimum atomic E-state index is 0.206. The van der Waals surface area contributed by atoms with E-state index in [1.165, 1.54) is 0 Å². The highest BCUT2D eigenvalue weighted by atomic mass is 32.2. The van der Waals surface area contributed by atoms with E-state index in [1.54, 1.807) is 23.9 Å². The molecule has 0 atom stereocenters. The lowest BCUT2D eigenvalue weighted by molar-refractivity contribution is 0.476. The summed E-state index contributed by atoms with van der Waals surface area (Å²) >= 11 is 1.63. The first-order valence-corrected chi connectivity index (χ1v) is 8.13. The van der Waals surface area contributed by atoms with Crippen LogP contribution >= 0.6 is 11.8 Å². The molecule has 0 aliphatic rings. The zero-order chi connectivity index (χ0) is 15.5. The van der Waals surface area contributed by atoms with Crippen molar-refractivity contribution in [2.45, 2.75) is 19.0 Å². The molecular formula is C17H17N3OS. The molecule has 0 unspecified atom stereocenters. The zero-order valence-electron chi connectivity index (χ0n) is 12.5. The maximum absolute atomic E-state index is 10.2. The summed E-state index contributed by atoms with van der Waals surface area (Å²) in [5, 5.41) is 19.6. The molecule has 0 radical (unpaired) electrons. The molecule has 1 heterocycles. The smallest absolute Gasteiger partial charge is 0.196 e. The number of rotatable bonds is 4. The third kappa shape index (κ3) is 2.60. The maximum Gasteiger partial charge on any atom is 0.196 e. The largest absolute Gasteiger partial charge is 0.507 e. The Bertz CT molecular complexity index is 798. The number of thioether (sulfide) groups is 1. The molecular weight excluding hydrogens is 294 g/mol. The second kappa shape index (κ2) is 6.23. The van der Waals surface area contributed by atoms with Crippen LogP contribution in [0.2, 0.25) is 0 Å². The topological polar surface area (TPSA) is 50.9 Å². The standard InChI is InChI=1S/C17H17N3OS/c1-3-22-17-19-18-16(13-9-5-7-11-15(13)21)20(17)14-10-6-4-8-12(14)2/h4-11,21H,3H2,1-2H3. The first-order chi connectivity index (χ1) is 10.7. The highest BCUT2D eigenvalue weighted by Gasteiger charge is 2.18. The molecule has 1 N–H and O–H groups in total. The summed E-state index contributed by atoms with van der Waals surface area (Å²) in [6, 6.07) is 15.3. The van der Waals surface area contributed by atoms with Gasteiger partial charge in [-0.3, -0.25) is 4.57 Å². The van der Waals surface area contributed by atoms with Crippen LogP contribution in [0.25, 0.3) is 17.1 Å². The summed E-state index contributed by atoms with van der Waals surface area (Å²) < 4.78 is 2.01. The van der Waals surface area contributed by atoms with Crippen LogP contribution in [-0.4, -0.2) is 25.6 Å². The van der Waals surface area contributed by atoms with E-state index in [-0.39, 0.29) is 5.75 Å². The lowest BCUT2D eigenvalue weighted by atomic mass is 10.1. The van der Waals surface area contributed by atoms with Gasteiger partial charge in [0.15, 0.2) is 11.0 Å². The summed E-state index contributed by atoms with van der Waals surface area (Å²) in [7, 11) is 0. The molecule has 4 nitrogen and oxygen atoms in total. The Morgan fingerprint density at radius 2 is 1.77 bits per heavy atom. The zero-order valence-corrected chi connectivity index (χ0v) is 13.3. The molecule has 0 saturated carbocycles. The van der Waals surface area contributed by atoms with Crippen LogP contribution in [0, 0.1) is 6.92 Å². The van der Waals surface area contributed by atoms with E-state index in [0.29, 0.717) is 11.4 Å². The van der Waals surface area contributed by atoms with Crippen LogP contribution in [-0.2, 0) is 0 Å². The molecule has 5 heteroatoms. The number of benzene rings is 2. The number of para-hydroxylation sites is 2. The Morgan fingerprint density at radius 3 is 2.50 bits per heavy atom. The van der Waals surface area contributed by atoms with Gasteiger partial charge in [-0.15, -0.1) is 10.2 Å². The lowest BCUT2D eigenvalue weighted by Crippen LogP contribution is -2.02. The minimum absolute atomic E-state index is 0.206. The fourth-order valence-corrected chi connectivity index (χ4v) is 3.03. The number of hydrogen-bond acceptors (Lipinski definition) is 4. The number of aromatic hydroxyl groups is 1. The van der Waals surface area contributed by atoms with Gasteiger partial charge in [0.25, 0.3) is 0 Å². The van der Waals surface area contributed by atoms with Gasteiger partial charge < -0.3 is 5.11 Å². The van der Waals surface area contributed by atoms with Gasteiger partial charge in [0.1, 0.15) is 5.75 Å². The molecule has 0 aliphatic carbocycles. The maximum atomic E-state index is 10.2. The van der Waals surface area contributed by atoms with Gasteiger partial charge in [0.05, 0.1) is 11.3 Å². The molecule has 112 valence electrons. The van der Waals surface area contributed by atoms with Crippen molar-refractivity contribution in [2.75, 3.05) is 5.75 Å². The highest BCUT2D eigenvalue weighted by Crippen LogP contribution is 2.33. The molecule has 3 rings (SSSR count). The van der Waals surface area contributed by atoms with Crippen molar-refractivity contribution in [1.29, 1.82) is 0 Å². The monoisotopic (exact) mass is 311 g/mol. The average Bonchev–Trinajstić information content (AvgIpc) is 2.92. The van der Waals surface area contributed by atoms with E-state index in [1.807, 2.05) is 34.9 Å². The second-order valence-corrected chi connectivity index (χ2v) is 6.11. The fraction of sp³-hybridized carbons (Fsp3) is 0.176. The summed E-state index contributed by atoms with van der Waals surface area (Å²) in [6.45, 7) is 4.14. The summed E-state index contributed by atoms with van der Waals surface area (Å²) in [5.41, 5.74) is 2.85. The summed E-state index contributed by atoms with van der Waals surface area (Å²) in [6.07, 6.45) is 0. The molecule has 0 amide bonds. The van der Waals surface area contributed by atoms with Crippen molar-refractivity contribution >= 4 is 11.8 Å². The number of phenols is 1. The van der Waals surface area contributed by atoms with E-state index in [2.05, 4.69) is 30.1 Å². The first-order valence-electron chi connectivity index (χ1n) is 7.15. The number of aryl methyl sites for hydroxylation is 1. The van der Waals surface area contributed by atoms with E-state index in [9.17, 15) is 5.11 Å². The van der Waals surface area contributed by atoms with Crippen molar-refractivity contribution in [1.82, 2.24) is 14.8 Å². The minimum Gasteiger partial charge on any atom is -0.507 e. The van der Waals surface area contributed by atoms with E-state index >= 15 is 0 Å². The van der Waals surface area contributed by atoms with Crippen molar-refractivity contribution < 1.29 is 5.11 Å². The van der Waals surface area contributed by atoms with Gasteiger partial charge >= 0.3 is 0 Å². The predicted octanol–water partition coefficient (Wildman–Crippen LogP) is 4.06. The Hall–Kier alpha value is -2.27. The third-order valence-corrected chi connectivity index (χ3v) is 4.22. The first kappa shape index (κ1) is 14.7. The molecule has 0 spiro atoms. The van der Waals surface area contributed by atoms with Crippen molar-refractivity contribution in [2.24, 2.45) is 0 Å². The van der Waals surface area contributed by atoms with E-state index in [4.69, 9.17) is 0 Å². The summed E-state index contributed by atoms with van der Waals surface area (Å²) in [5.74, 6) is 1.77. The van der Waals surface area contributed by atoms with Crippen LogP contribution in [0.15, 0.2) is 53.7 Å². The Labute approximate surface area is 133 Å². The highest BCUT2D eigenvalue weighted by molar-refractivity contribution is 7.99. The number of hydrogen-bond donors (Lipinski definition) is 1. The number of aromatic nitrogens is 3. The van der Waals surface area contributed by atoms with Gasteiger partial charge in [-0.2, -0.15) is 0 Å². The second-order valence-electron chi connectivity index (χ2n) is 4.88. The Morgan fingerprint density at radius 1 is 1.05 bits per heavy atom. The van der Waals surface area contributed by atoms with Crippen molar-refractivity contribution in [3.63, 3.8) is 0 Å². The molecule has 3 aromatic rings. The molecule has 0 bridgehead atoms. The van der Waals surface area contributed by atoms with Gasteiger partial charge in [0, 0.05) is 0 Å². The van der Waals surface area contributed by atoms with E-state index in [0.717, 1.165) is 22.2 Å². The Balaban J connectivity index is 2.25. The van der Waals surface area contributed by atoms with Crippen LogP contribution in [0.3, 0.4) is 0 Å². The van der Waals surface area contributed by atoms with Gasteiger partial charge in [-0.1, -0.05) is 49.0 Å². The Kier molecular flexibility index (Phi) is 4.15. The van der Waals surface area contributed by atoms with Crippen LogP contribution in [0.4, 0.5) is 0 Å². The van der Waals surface area contributed by atoms with Crippen molar-refractivity contribution in [3.05, 3.63) is 54.1 Å². The lowest BCUT2D eigenvalue weighted by Gasteiger charge is -2.13. The molecule has 2 aromatic carbocycles. The molecule has 0 saturated heterocycles. The number of nitrogens with zero attached hydrogens (tertiary/aromatic N) is 3. The fourth-order valence-electron chi connectivity index (χ4n) is 2.36. The predicted molar refractivity (Wildman–Crippen MR) is 89.6 cm³/mol.